The molecule has 192 valence electrons. The molecule has 8 heteroatoms. The lowest BCUT2D eigenvalue weighted by atomic mass is 9.78. The van der Waals surface area contributed by atoms with E-state index in [1.54, 1.807) is 0 Å². The summed E-state index contributed by atoms with van der Waals surface area (Å²) in [5, 5.41) is 0. The van der Waals surface area contributed by atoms with Crippen molar-refractivity contribution in [2.45, 2.75) is 57.5 Å². The molecule has 2 aromatic rings. The number of rotatable bonds is 16. The van der Waals surface area contributed by atoms with Gasteiger partial charge < -0.3 is 18.9 Å². The van der Waals surface area contributed by atoms with Crippen LogP contribution in [0.25, 0.3) is 0 Å². The van der Waals surface area contributed by atoms with Gasteiger partial charge in [-0.25, -0.2) is 19.6 Å². The van der Waals surface area contributed by atoms with Crippen molar-refractivity contribution in [2.24, 2.45) is 0 Å². The van der Waals surface area contributed by atoms with Gasteiger partial charge in [-0.15, -0.1) is 0 Å². The van der Waals surface area contributed by atoms with Crippen LogP contribution in [0.5, 0.6) is 11.5 Å². The first kappa shape index (κ1) is 25.9. The van der Waals surface area contributed by atoms with Gasteiger partial charge in [-0.05, 0) is 49.2 Å². The summed E-state index contributed by atoms with van der Waals surface area (Å²) >= 11 is 0. The maximum atomic E-state index is 5.84. The summed E-state index contributed by atoms with van der Waals surface area (Å²) in [5.74, 6) is 1.58. The maximum Gasteiger partial charge on any atom is 0.124 e. The third kappa shape index (κ3) is 8.45. The maximum absolute atomic E-state index is 5.84. The third-order valence-corrected chi connectivity index (χ3v) is 5.90. The van der Waals surface area contributed by atoms with Gasteiger partial charge in [0.05, 0.1) is 13.2 Å². The third-order valence-electron chi connectivity index (χ3n) is 5.90. The van der Waals surface area contributed by atoms with Crippen molar-refractivity contribution in [3.05, 3.63) is 59.7 Å². The fourth-order valence-electron chi connectivity index (χ4n) is 3.38. The zero-order chi connectivity index (χ0) is 24.7. The molecule has 0 aromatic heterocycles. The minimum absolute atomic E-state index is 0.176. The van der Waals surface area contributed by atoms with Crippen molar-refractivity contribution in [1.29, 1.82) is 0 Å². The molecule has 8 nitrogen and oxygen atoms in total. The van der Waals surface area contributed by atoms with Crippen LogP contribution in [0.15, 0.2) is 48.5 Å². The van der Waals surface area contributed by atoms with Crippen LogP contribution in [-0.4, -0.2) is 64.1 Å². The molecule has 4 atom stereocenters. The Labute approximate surface area is 207 Å². The molecular formula is C27H36O8. The molecule has 4 unspecified atom stereocenters. The van der Waals surface area contributed by atoms with Crippen LogP contribution in [0, 0.1) is 0 Å². The van der Waals surface area contributed by atoms with Crippen LogP contribution >= 0.6 is 0 Å². The van der Waals surface area contributed by atoms with Crippen molar-refractivity contribution in [3.63, 3.8) is 0 Å². The Bertz CT molecular complexity index is 817. The van der Waals surface area contributed by atoms with Crippen molar-refractivity contribution in [1.82, 2.24) is 0 Å². The minimum atomic E-state index is -0.179. The van der Waals surface area contributed by atoms with Crippen LogP contribution in [0.4, 0.5) is 0 Å². The van der Waals surface area contributed by atoms with E-state index < -0.39 is 0 Å². The molecule has 0 radical (unpaired) electrons. The Morgan fingerprint density at radius 2 is 1.09 bits per heavy atom. The minimum Gasteiger partial charge on any atom is -0.491 e. The lowest BCUT2D eigenvalue weighted by Crippen LogP contribution is -2.21. The molecule has 2 heterocycles. The van der Waals surface area contributed by atoms with Gasteiger partial charge in [0.1, 0.15) is 62.3 Å². The molecule has 0 spiro atoms. The first-order chi connectivity index (χ1) is 16.9. The van der Waals surface area contributed by atoms with Gasteiger partial charge in [-0.3, -0.25) is 0 Å². The highest BCUT2D eigenvalue weighted by atomic mass is 17.2. The quantitative estimate of drug-likeness (QED) is 0.197. The summed E-state index contributed by atoms with van der Waals surface area (Å²) in [6, 6.07) is 16.3. The lowest BCUT2D eigenvalue weighted by Gasteiger charge is -2.26. The van der Waals surface area contributed by atoms with Gasteiger partial charge in [0.2, 0.25) is 0 Å². The Kier molecular flexibility index (Phi) is 8.99. The zero-order valence-electron chi connectivity index (χ0n) is 20.9. The Morgan fingerprint density at radius 1 is 0.714 bits per heavy atom. The van der Waals surface area contributed by atoms with Crippen LogP contribution in [0.2, 0.25) is 0 Å². The van der Waals surface area contributed by atoms with Gasteiger partial charge in [0.15, 0.2) is 0 Å². The van der Waals surface area contributed by atoms with Crippen molar-refractivity contribution >= 4 is 0 Å². The first-order valence-electron chi connectivity index (χ1n) is 12.2. The summed E-state index contributed by atoms with van der Waals surface area (Å²) in [7, 11) is 0. The first-order valence-corrected chi connectivity index (χ1v) is 12.2. The van der Waals surface area contributed by atoms with Crippen LogP contribution in [0.3, 0.4) is 0 Å². The number of hydrogen-bond acceptors (Lipinski definition) is 8. The van der Waals surface area contributed by atoms with Gasteiger partial charge in [0, 0.05) is 5.41 Å². The second kappa shape index (κ2) is 12.2. The average molecular weight is 489 g/mol. The molecule has 35 heavy (non-hydrogen) atoms. The number of ether oxygens (including phenoxy) is 4. The van der Waals surface area contributed by atoms with Crippen molar-refractivity contribution in [2.75, 3.05) is 39.6 Å². The molecule has 0 saturated carbocycles. The standard InChI is InChI=1S/C27H36O8/c1-19(34-32-17-25-15-30-25)13-28-23-9-5-21(6-10-23)27(3,4)22-7-11-24(12-8-22)29-14-20(2)35-33-18-26-16-31-26/h5-12,19-20,25-26H,13-18H2,1-4H3. The Morgan fingerprint density at radius 3 is 1.43 bits per heavy atom. The fraction of sp³-hybridized carbons (Fsp3) is 0.556. The summed E-state index contributed by atoms with van der Waals surface area (Å²) in [4.78, 5) is 20.9. The highest BCUT2D eigenvalue weighted by molar-refractivity contribution is 5.41. The van der Waals surface area contributed by atoms with Gasteiger partial charge >= 0.3 is 0 Å². The van der Waals surface area contributed by atoms with E-state index in [1.165, 1.54) is 11.1 Å². The molecular weight excluding hydrogens is 452 g/mol. The van der Waals surface area contributed by atoms with Gasteiger partial charge in [0.25, 0.3) is 0 Å². The average Bonchev–Trinajstić information content (AvgIpc) is 3.78. The van der Waals surface area contributed by atoms with Gasteiger partial charge in [-0.2, -0.15) is 0 Å². The number of epoxide rings is 2. The fourth-order valence-corrected chi connectivity index (χ4v) is 3.38. The number of hydrogen-bond donors (Lipinski definition) is 0. The highest BCUT2D eigenvalue weighted by Gasteiger charge is 2.25. The molecule has 0 amide bonds. The van der Waals surface area contributed by atoms with E-state index in [4.69, 9.17) is 38.5 Å². The molecule has 2 aromatic carbocycles. The molecule has 2 aliphatic heterocycles. The molecule has 2 saturated heterocycles. The largest absolute Gasteiger partial charge is 0.491 e. The van der Waals surface area contributed by atoms with Crippen LogP contribution < -0.4 is 9.47 Å². The highest BCUT2D eigenvalue weighted by Crippen LogP contribution is 2.33. The lowest BCUT2D eigenvalue weighted by molar-refractivity contribution is -0.325. The summed E-state index contributed by atoms with van der Waals surface area (Å²) < 4.78 is 21.8. The van der Waals surface area contributed by atoms with Crippen molar-refractivity contribution in [3.8, 4) is 11.5 Å². The van der Waals surface area contributed by atoms with Crippen molar-refractivity contribution < 1.29 is 38.5 Å². The Hall–Kier alpha value is -2.20. The SMILES string of the molecule is CC(COc1ccc(C(C)(C)c2ccc(OCC(C)OOCC3CO3)cc2)cc1)OOCC1CO1. The molecule has 2 aliphatic rings. The van der Waals surface area contributed by atoms with E-state index in [2.05, 4.69) is 38.1 Å². The van der Waals surface area contributed by atoms with E-state index in [0.29, 0.717) is 26.4 Å². The molecule has 2 fully saturated rings. The molecule has 4 rings (SSSR count). The zero-order valence-corrected chi connectivity index (χ0v) is 20.9. The van der Waals surface area contributed by atoms with E-state index in [1.807, 2.05) is 38.1 Å². The predicted molar refractivity (Wildman–Crippen MR) is 128 cm³/mol. The monoisotopic (exact) mass is 488 g/mol. The smallest absolute Gasteiger partial charge is 0.124 e. The second-order valence-electron chi connectivity index (χ2n) is 9.59. The van der Waals surface area contributed by atoms with E-state index in [9.17, 15) is 0 Å². The van der Waals surface area contributed by atoms with E-state index in [-0.39, 0.29) is 29.8 Å². The normalized spacial score (nSPS) is 20.8. The Balaban J connectivity index is 1.21. The second-order valence-corrected chi connectivity index (χ2v) is 9.59. The molecule has 0 bridgehead atoms. The van der Waals surface area contributed by atoms with Crippen LogP contribution in [-0.2, 0) is 34.4 Å². The number of benzene rings is 2. The molecule has 0 aliphatic carbocycles. The van der Waals surface area contributed by atoms with Gasteiger partial charge in [-0.1, -0.05) is 38.1 Å². The van der Waals surface area contributed by atoms with E-state index in [0.717, 1.165) is 24.7 Å². The van der Waals surface area contributed by atoms with Crippen LogP contribution in [0.1, 0.15) is 38.8 Å². The van der Waals surface area contributed by atoms with E-state index >= 15 is 0 Å². The molecule has 0 N–H and O–H groups in total. The predicted octanol–water partition coefficient (Wildman–Crippen LogP) is 4.24. The summed E-state index contributed by atoms with van der Waals surface area (Å²) in [6.45, 7) is 11.4. The topological polar surface area (TPSA) is 80.4 Å². The summed E-state index contributed by atoms with van der Waals surface area (Å²) in [5.41, 5.74) is 2.20. The summed E-state index contributed by atoms with van der Waals surface area (Å²) in [6.07, 6.45) is 0.00685.